The van der Waals surface area contributed by atoms with Gasteiger partial charge < -0.3 is 16.4 Å². The normalized spacial score (nSPS) is 9.50. The Morgan fingerprint density at radius 3 is 2.00 bits per heavy atom. The van der Waals surface area contributed by atoms with E-state index in [1.165, 1.54) is 6.33 Å². The molecule has 0 atom stereocenters. The van der Waals surface area contributed by atoms with E-state index in [4.69, 9.17) is 0 Å². The molecule has 78 valence electrons. The molecule has 14 heavy (non-hydrogen) atoms. The minimum Gasteiger partial charge on any atom is -0.376 e. The van der Waals surface area contributed by atoms with Crippen molar-refractivity contribution in [2.45, 2.75) is 40.0 Å². The second-order valence-electron chi connectivity index (χ2n) is 3.86. The van der Waals surface area contributed by atoms with Gasteiger partial charge in [0.05, 0.1) is 0 Å². The largest absolute Gasteiger partial charge is 2.00 e. The molecule has 0 saturated carbocycles. The van der Waals surface area contributed by atoms with Crippen molar-refractivity contribution in [1.82, 2.24) is 9.97 Å². The predicted molar refractivity (Wildman–Crippen MR) is 55.2 cm³/mol. The molecule has 0 aliphatic carbocycles. The van der Waals surface area contributed by atoms with Gasteiger partial charge in [0.1, 0.15) is 0 Å². The molecule has 0 N–H and O–H groups in total. The average molecular weight is 362 g/mol. The molecule has 0 spiro atoms. The Morgan fingerprint density at radius 2 is 1.79 bits per heavy atom. The van der Waals surface area contributed by atoms with Gasteiger partial charge in [-0.25, -0.2) is 0 Å². The molecule has 0 aliphatic rings. The summed E-state index contributed by atoms with van der Waals surface area (Å²) >= 11 is 0. The zero-order chi connectivity index (χ0) is 10.3. The van der Waals surface area contributed by atoms with E-state index in [1.54, 1.807) is 0 Å². The van der Waals surface area contributed by atoms with Gasteiger partial charge in [-0.05, 0) is 11.7 Å². The third-order valence-corrected chi connectivity index (χ3v) is 1.30. The molecular weight excluding hydrogens is 344 g/mol. The van der Waals surface area contributed by atoms with Crippen LogP contribution in [0.2, 0.25) is 0 Å². The Balaban J connectivity index is 0. The van der Waals surface area contributed by atoms with Gasteiger partial charge in [0, 0.05) is 0 Å². The number of hydrogen-bond acceptors (Lipinski definition) is 2. The minimum atomic E-state index is 0. The molecule has 0 radical (unpaired) electrons. The first-order valence-electron chi connectivity index (χ1n) is 4.45. The fraction of sp³-hybridized carbons (Fsp3) is 0.545. The number of nitrogens with zero attached hydrogens (tertiary/aromatic N) is 2. The number of hydrogen-bond donors (Lipinski definition) is 0. The first-order valence-corrected chi connectivity index (χ1v) is 4.45. The predicted octanol–water partition coefficient (Wildman–Crippen LogP) is 2.80. The molecule has 0 amide bonds. The molecule has 3 heteroatoms. The molecule has 0 aromatic carbocycles. The van der Waals surface area contributed by atoms with E-state index < -0.39 is 0 Å². The molecule has 2 nitrogen and oxygen atoms in total. The summed E-state index contributed by atoms with van der Waals surface area (Å²) < 4.78 is 0. The van der Waals surface area contributed by atoms with Crippen LogP contribution in [0.25, 0.3) is 0 Å². The van der Waals surface area contributed by atoms with Gasteiger partial charge >= 0.3 is 21.1 Å². The van der Waals surface area contributed by atoms with Crippen molar-refractivity contribution in [1.29, 1.82) is 0 Å². The third-order valence-electron chi connectivity index (χ3n) is 1.30. The van der Waals surface area contributed by atoms with Crippen LogP contribution in [0.3, 0.4) is 0 Å². The van der Waals surface area contributed by atoms with Gasteiger partial charge in [-0.2, -0.15) is 13.8 Å². The zero-order valence-corrected chi connectivity index (χ0v) is 12.5. The molecule has 1 rings (SSSR count). The SMILES string of the molecule is CC(C)(C)c1c[c-]ncn1.C[CH-]C.[W+2]. The number of rotatable bonds is 0. The second kappa shape index (κ2) is 8.11. The Morgan fingerprint density at radius 1 is 1.29 bits per heavy atom. The van der Waals surface area contributed by atoms with Crippen molar-refractivity contribution < 1.29 is 21.1 Å². The van der Waals surface area contributed by atoms with Gasteiger partial charge in [-0.15, -0.1) is 6.07 Å². The second-order valence-corrected chi connectivity index (χ2v) is 3.86. The zero-order valence-electron chi connectivity index (χ0n) is 9.53. The van der Waals surface area contributed by atoms with E-state index in [-0.39, 0.29) is 26.5 Å². The Bertz CT molecular complexity index is 216. The molecule has 1 aromatic rings. The fourth-order valence-electron chi connectivity index (χ4n) is 0.670. The van der Waals surface area contributed by atoms with E-state index in [2.05, 4.69) is 36.9 Å². The third kappa shape index (κ3) is 7.20. The van der Waals surface area contributed by atoms with Crippen LogP contribution >= 0.6 is 0 Å². The maximum atomic E-state index is 4.11. The fourth-order valence-corrected chi connectivity index (χ4v) is 0.670. The summed E-state index contributed by atoms with van der Waals surface area (Å²) in [6.45, 7) is 10.3. The van der Waals surface area contributed by atoms with Gasteiger partial charge in [-0.1, -0.05) is 32.7 Å². The Labute approximate surface area is 102 Å². The van der Waals surface area contributed by atoms with Crippen LogP contribution < -0.4 is 0 Å². The van der Waals surface area contributed by atoms with Crippen LogP contribution in [0.4, 0.5) is 0 Å². The smallest absolute Gasteiger partial charge is 0.376 e. The maximum absolute atomic E-state index is 4.11. The first-order chi connectivity index (χ1) is 6.02. The minimum absolute atomic E-state index is 0. The summed E-state index contributed by atoms with van der Waals surface area (Å²) in [6, 6.07) is 1.82. The van der Waals surface area contributed by atoms with E-state index in [0.717, 1.165) is 5.69 Å². The van der Waals surface area contributed by atoms with Crippen molar-refractivity contribution in [3.63, 3.8) is 0 Å². The van der Waals surface area contributed by atoms with Crippen LogP contribution in [-0.4, -0.2) is 9.97 Å². The van der Waals surface area contributed by atoms with Crippen LogP contribution in [0.5, 0.6) is 0 Å². The van der Waals surface area contributed by atoms with Gasteiger partial charge in [0.15, 0.2) is 0 Å². The van der Waals surface area contributed by atoms with Crippen molar-refractivity contribution in [3.8, 4) is 0 Å². The van der Waals surface area contributed by atoms with Gasteiger partial charge in [0.2, 0.25) is 0 Å². The Hall–Kier alpha value is -0.232. The van der Waals surface area contributed by atoms with Crippen molar-refractivity contribution >= 4 is 0 Å². The molecule has 0 unspecified atom stereocenters. The van der Waals surface area contributed by atoms with E-state index in [0.29, 0.717) is 0 Å². The molecule has 0 saturated heterocycles. The van der Waals surface area contributed by atoms with Crippen molar-refractivity contribution in [2.24, 2.45) is 0 Å². The summed E-state index contributed by atoms with van der Waals surface area (Å²) in [5, 5.41) is 0. The van der Waals surface area contributed by atoms with Crippen molar-refractivity contribution in [2.75, 3.05) is 0 Å². The molecule has 1 heterocycles. The van der Waals surface area contributed by atoms with Crippen LogP contribution in [0.15, 0.2) is 12.4 Å². The summed E-state index contributed by atoms with van der Waals surface area (Å²) in [4.78, 5) is 7.83. The van der Waals surface area contributed by atoms with E-state index in [1.807, 2.05) is 26.3 Å². The van der Waals surface area contributed by atoms with Gasteiger partial charge in [-0.3, -0.25) is 0 Å². The van der Waals surface area contributed by atoms with Crippen LogP contribution in [-0.2, 0) is 26.5 Å². The molecule has 0 bridgehead atoms. The van der Waals surface area contributed by atoms with Gasteiger partial charge in [0.25, 0.3) is 0 Å². The standard InChI is InChI=1S/C8H11N2.C3H7.W/c1-8(2,3)7-4-5-9-6-10-7;1-3-2;/h4,6H,1-3H3;3H,1-2H3;/q2*-1;+2. The molecular formula is C11H18N2W. The van der Waals surface area contributed by atoms with Crippen LogP contribution in [0, 0.1) is 12.6 Å². The molecule has 1 aromatic heterocycles. The first kappa shape index (κ1) is 16.2. The Kier molecular flexibility index (Phi) is 9.39. The summed E-state index contributed by atoms with van der Waals surface area (Å²) in [5.74, 6) is 0. The quantitative estimate of drug-likeness (QED) is 0.664. The monoisotopic (exact) mass is 362 g/mol. The average Bonchev–Trinajstić information content (AvgIpc) is 2.06. The number of aromatic nitrogens is 2. The molecule has 0 aliphatic heterocycles. The maximum Gasteiger partial charge on any atom is 2.00 e. The molecule has 0 fully saturated rings. The topological polar surface area (TPSA) is 25.8 Å². The summed E-state index contributed by atoms with van der Waals surface area (Å²) in [6.07, 6.45) is 6.28. The van der Waals surface area contributed by atoms with Crippen molar-refractivity contribution in [3.05, 3.63) is 30.7 Å². The summed E-state index contributed by atoms with van der Waals surface area (Å²) in [7, 11) is 0. The summed E-state index contributed by atoms with van der Waals surface area (Å²) in [5.41, 5.74) is 1.14. The van der Waals surface area contributed by atoms with Crippen LogP contribution in [0.1, 0.15) is 40.3 Å². The van der Waals surface area contributed by atoms with E-state index >= 15 is 0 Å². The van der Waals surface area contributed by atoms with E-state index in [9.17, 15) is 0 Å².